The van der Waals surface area contributed by atoms with Crippen molar-refractivity contribution in [3.63, 3.8) is 0 Å². The molecule has 5 nitrogen and oxygen atoms in total. The number of methoxy groups -OCH3 is 1. The summed E-state index contributed by atoms with van der Waals surface area (Å²) in [6.07, 6.45) is 7.36. The molecule has 1 fully saturated rings. The maximum Gasteiger partial charge on any atom is 0.254 e. The lowest BCUT2D eigenvalue weighted by Gasteiger charge is -2.29. The highest BCUT2D eigenvalue weighted by molar-refractivity contribution is 5.95. The first-order chi connectivity index (χ1) is 14.7. The maximum absolute atomic E-state index is 13.4. The topological polar surface area (TPSA) is 61.8 Å². The molecule has 1 saturated heterocycles. The van der Waals surface area contributed by atoms with Crippen LogP contribution in [0.25, 0.3) is 5.57 Å². The molecule has 30 heavy (non-hydrogen) atoms. The summed E-state index contributed by atoms with van der Waals surface area (Å²) in [5, 5.41) is 12.1. The Morgan fingerprint density at radius 1 is 1.23 bits per heavy atom. The highest BCUT2D eigenvalue weighted by atomic mass is 16.5. The minimum Gasteiger partial charge on any atom is -0.496 e. The number of aliphatic hydroxyl groups excluding tert-OH is 1. The molecule has 5 heteroatoms. The summed E-state index contributed by atoms with van der Waals surface area (Å²) in [7, 11) is 1.62. The lowest BCUT2D eigenvalue weighted by atomic mass is 9.83. The number of aliphatic hydroxyl groups is 1. The van der Waals surface area contributed by atoms with E-state index in [4.69, 9.17) is 9.84 Å². The van der Waals surface area contributed by atoms with E-state index in [1.807, 2.05) is 29.2 Å². The standard InChI is InChI=1S/C25H28N2O3/c1-30-24-16-19(10-11-20(24)17-26-13-15-28)25(29)27-14-12-22-21(8-5-9-23(22)27)18-6-3-2-4-7-18/h2-11,16,22-23,26,28H,12-15,17H2,1H3. The van der Waals surface area contributed by atoms with Gasteiger partial charge in [-0.2, -0.15) is 0 Å². The SMILES string of the molecule is COc1cc(C(=O)N2CCC3C(c4ccccc4)=CC=CC32)ccc1CNCCO. The van der Waals surface area contributed by atoms with E-state index in [1.165, 1.54) is 11.1 Å². The molecule has 1 heterocycles. The lowest BCUT2D eigenvalue weighted by molar-refractivity contribution is 0.0755. The molecule has 0 saturated carbocycles. The quantitative estimate of drug-likeness (QED) is 0.696. The number of likely N-dealkylation sites (tertiary alicyclic amines) is 1. The molecule has 4 rings (SSSR count). The van der Waals surface area contributed by atoms with Crippen molar-refractivity contribution in [2.45, 2.75) is 19.0 Å². The van der Waals surface area contributed by atoms with Crippen LogP contribution in [0.2, 0.25) is 0 Å². The Labute approximate surface area is 177 Å². The van der Waals surface area contributed by atoms with Crippen molar-refractivity contribution in [2.75, 3.05) is 26.8 Å². The van der Waals surface area contributed by atoms with E-state index in [1.54, 1.807) is 7.11 Å². The van der Waals surface area contributed by atoms with Gasteiger partial charge in [0.05, 0.1) is 19.8 Å². The number of rotatable bonds is 7. The Balaban J connectivity index is 1.52. The average molecular weight is 405 g/mol. The fourth-order valence-electron chi connectivity index (χ4n) is 4.46. The first kappa shape index (κ1) is 20.4. The maximum atomic E-state index is 13.4. The first-order valence-corrected chi connectivity index (χ1v) is 10.5. The van der Waals surface area contributed by atoms with Gasteiger partial charge in [-0.05, 0) is 29.7 Å². The molecular formula is C25H28N2O3. The zero-order valence-corrected chi connectivity index (χ0v) is 17.3. The minimum absolute atomic E-state index is 0.0367. The molecule has 156 valence electrons. The molecule has 2 aromatic rings. The van der Waals surface area contributed by atoms with E-state index >= 15 is 0 Å². The smallest absolute Gasteiger partial charge is 0.254 e. The predicted molar refractivity (Wildman–Crippen MR) is 118 cm³/mol. The second-order valence-corrected chi connectivity index (χ2v) is 7.68. The van der Waals surface area contributed by atoms with Gasteiger partial charge >= 0.3 is 0 Å². The summed E-state index contributed by atoms with van der Waals surface area (Å²) in [6.45, 7) is 1.93. The van der Waals surface area contributed by atoms with E-state index in [0.717, 1.165) is 18.5 Å². The number of amides is 1. The van der Waals surface area contributed by atoms with Crippen LogP contribution in [0.15, 0.2) is 66.8 Å². The van der Waals surface area contributed by atoms with Crippen LogP contribution >= 0.6 is 0 Å². The zero-order chi connectivity index (χ0) is 20.9. The molecule has 1 amide bonds. The third-order valence-corrected chi connectivity index (χ3v) is 5.94. The van der Waals surface area contributed by atoms with Gasteiger partial charge in [0.25, 0.3) is 5.91 Å². The zero-order valence-electron chi connectivity index (χ0n) is 17.3. The Hall–Kier alpha value is -2.89. The van der Waals surface area contributed by atoms with Gasteiger partial charge in [0, 0.05) is 36.7 Å². The molecule has 2 atom stereocenters. The summed E-state index contributed by atoms with van der Waals surface area (Å²) < 4.78 is 5.51. The van der Waals surface area contributed by atoms with Crippen molar-refractivity contribution < 1.29 is 14.6 Å². The molecule has 1 aliphatic carbocycles. The highest BCUT2D eigenvalue weighted by Gasteiger charge is 2.39. The Kier molecular flexibility index (Phi) is 6.31. The van der Waals surface area contributed by atoms with Crippen molar-refractivity contribution in [1.29, 1.82) is 0 Å². The Bertz CT molecular complexity index is 952. The largest absolute Gasteiger partial charge is 0.496 e. The summed E-state index contributed by atoms with van der Waals surface area (Å²) in [5.41, 5.74) is 4.14. The van der Waals surface area contributed by atoms with Gasteiger partial charge in [-0.3, -0.25) is 4.79 Å². The number of ether oxygens (including phenoxy) is 1. The monoisotopic (exact) mass is 404 g/mol. The number of carbonyl (C=O) groups excluding carboxylic acids is 1. The average Bonchev–Trinajstić information content (AvgIpc) is 3.24. The number of allylic oxidation sites excluding steroid dienone is 2. The van der Waals surface area contributed by atoms with Gasteiger partial charge in [0.2, 0.25) is 0 Å². The van der Waals surface area contributed by atoms with E-state index in [0.29, 0.717) is 30.3 Å². The molecular weight excluding hydrogens is 376 g/mol. The number of nitrogens with one attached hydrogen (secondary N) is 1. The molecule has 1 aliphatic heterocycles. The molecule has 2 aliphatic rings. The molecule has 2 aromatic carbocycles. The third-order valence-electron chi connectivity index (χ3n) is 5.94. The van der Waals surface area contributed by atoms with Crippen LogP contribution in [0.4, 0.5) is 0 Å². The number of nitrogens with zero attached hydrogens (tertiary/aromatic N) is 1. The number of hydrogen-bond acceptors (Lipinski definition) is 4. The van der Waals surface area contributed by atoms with Crippen LogP contribution in [0, 0.1) is 5.92 Å². The summed E-state index contributed by atoms with van der Waals surface area (Å²) in [4.78, 5) is 15.3. The summed E-state index contributed by atoms with van der Waals surface area (Å²) >= 11 is 0. The second kappa shape index (κ2) is 9.28. The van der Waals surface area contributed by atoms with Gasteiger partial charge in [0.1, 0.15) is 5.75 Å². The van der Waals surface area contributed by atoms with Gasteiger partial charge in [-0.25, -0.2) is 0 Å². The number of benzene rings is 2. The van der Waals surface area contributed by atoms with Crippen LogP contribution in [0.1, 0.15) is 27.9 Å². The van der Waals surface area contributed by atoms with E-state index in [2.05, 4.69) is 47.8 Å². The van der Waals surface area contributed by atoms with Gasteiger partial charge in [-0.1, -0.05) is 54.6 Å². The first-order valence-electron chi connectivity index (χ1n) is 10.5. The third kappa shape index (κ3) is 4.04. The Morgan fingerprint density at radius 3 is 2.83 bits per heavy atom. The van der Waals surface area contributed by atoms with Crippen LogP contribution < -0.4 is 10.1 Å². The summed E-state index contributed by atoms with van der Waals surface area (Å²) in [5.74, 6) is 1.05. The molecule has 0 bridgehead atoms. The predicted octanol–water partition coefficient (Wildman–Crippen LogP) is 3.26. The molecule has 2 N–H and O–H groups in total. The van der Waals surface area contributed by atoms with Crippen molar-refractivity contribution >= 4 is 11.5 Å². The fraction of sp³-hybridized carbons (Fsp3) is 0.320. The fourth-order valence-corrected chi connectivity index (χ4v) is 4.46. The van der Waals surface area contributed by atoms with Crippen molar-refractivity contribution in [2.24, 2.45) is 5.92 Å². The van der Waals surface area contributed by atoms with Crippen LogP contribution in [-0.2, 0) is 6.54 Å². The molecule has 0 aromatic heterocycles. The second-order valence-electron chi connectivity index (χ2n) is 7.68. The van der Waals surface area contributed by atoms with Gasteiger partial charge in [-0.15, -0.1) is 0 Å². The lowest BCUT2D eigenvalue weighted by Crippen LogP contribution is -2.37. The number of fused-ring (bicyclic) bond motifs is 1. The van der Waals surface area contributed by atoms with Crippen molar-refractivity contribution in [3.8, 4) is 5.75 Å². The van der Waals surface area contributed by atoms with Gasteiger partial charge in [0.15, 0.2) is 0 Å². The van der Waals surface area contributed by atoms with Crippen molar-refractivity contribution in [1.82, 2.24) is 10.2 Å². The van der Waals surface area contributed by atoms with Crippen LogP contribution in [0.3, 0.4) is 0 Å². The van der Waals surface area contributed by atoms with E-state index in [-0.39, 0.29) is 18.6 Å². The molecule has 2 unspecified atom stereocenters. The summed E-state index contributed by atoms with van der Waals surface area (Å²) in [6, 6.07) is 16.1. The minimum atomic E-state index is 0.0367. The number of hydrogen-bond donors (Lipinski definition) is 2. The van der Waals surface area contributed by atoms with E-state index < -0.39 is 0 Å². The molecule has 0 spiro atoms. The van der Waals surface area contributed by atoms with Crippen molar-refractivity contribution in [3.05, 3.63) is 83.4 Å². The number of carbonyl (C=O) groups is 1. The van der Waals surface area contributed by atoms with Crippen LogP contribution in [-0.4, -0.2) is 48.8 Å². The van der Waals surface area contributed by atoms with E-state index in [9.17, 15) is 4.79 Å². The molecule has 0 radical (unpaired) electrons. The Morgan fingerprint density at radius 2 is 2.07 bits per heavy atom. The van der Waals surface area contributed by atoms with Crippen LogP contribution in [0.5, 0.6) is 5.75 Å². The van der Waals surface area contributed by atoms with Gasteiger partial charge < -0.3 is 20.1 Å². The normalized spacial score (nSPS) is 20.1. The highest BCUT2D eigenvalue weighted by Crippen LogP contribution is 2.39.